The van der Waals surface area contributed by atoms with Crippen molar-refractivity contribution in [3.05, 3.63) is 52.0 Å². The van der Waals surface area contributed by atoms with E-state index in [9.17, 15) is 9.18 Å². The SMILES string of the molecule is COc1ccc(CCNC(=O)Cc2cccs2)cc1F. The van der Waals surface area contributed by atoms with Crippen LogP contribution in [0.3, 0.4) is 0 Å². The molecule has 0 aliphatic rings. The Balaban J connectivity index is 1.78. The molecule has 0 spiro atoms. The van der Waals surface area contributed by atoms with Crippen LogP contribution < -0.4 is 10.1 Å². The van der Waals surface area contributed by atoms with Crippen LogP contribution in [-0.2, 0) is 17.6 Å². The van der Waals surface area contributed by atoms with Crippen LogP contribution in [-0.4, -0.2) is 19.6 Å². The summed E-state index contributed by atoms with van der Waals surface area (Å²) in [6.45, 7) is 0.496. The number of hydrogen-bond donors (Lipinski definition) is 1. The Morgan fingerprint density at radius 2 is 2.25 bits per heavy atom. The van der Waals surface area contributed by atoms with Gasteiger partial charge >= 0.3 is 0 Å². The van der Waals surface area contributed by atoms with Crippen molar-refractivity contribution in [2.75, 3.05) is 13.7 Å². The van der Waals surface area contributed by atoms with Crippen molar-refractivity contribution in [3.8, 4) is 5.75 Å². The maximum Gasteiger partial charge on any atom is 0.225 e. The molecule has 0 fully saturated rings. The Hall–Kier alpha value is -1.88. The van der Waals surface area contributed by atoms with E-state index in [-0.39, 0.29) is 17.5 Å². The second kappa shape index (κ2) is 7.05. The number of amides is 1. The minimum atomic E-state index is -0.380. The largest absolute Gasteiger partial charge is 0.494 e. The molecule has 5 heteroatoms. The minimum absolute atomic E-state index is 0.0126. The first-order chi connectivity index (χ1) is 9.69. The van der Waals surface area contributed by atoms with Gasteiger partial charge in [-0.2, -0.15) is 0 Å². The maximum atomic E-state index is 13.5. The van der Waals surface area contributed by atoms with Crippen LogP contribution in [0.25, 0.3) is 0 Å². The van der Waals surface area contributed by atoms with Gasteiger partial charge in [-0.3, -0.25) is 4.79 Å². The quantitative estimate of drug-likeness (QED) is 0.889. The molecule has 2 rings (SSSR count). The lowest BCUT2D eigenvalue weighted by molar-refractivity contribution is -0.120. The zero-order valence-electron chi connectivity index (χ0n) is 11.2. The molecule has 20 heavy (non-hydrogen) atoms. The van der Waals surface area contributed by atoms with Gasteiger partial charge < -0.3 is 10.1 Å². The van der Waals surface area contributed by atoms with Crippen LogP contribution in [0.4, 0.5) is 4.39 Å². The molecule has 1 N–H and O–H groups in total. The molecule has 0 saturated carbocycles. The van der Waals surface area contributed by atoms with E-state index >= 15 is 0 Å². The number of benzene rings is 1. The van der Waals surface area contributed by atoms with Crippen molar-refractivity contribution in [3.63, 3.8) is 0 Å². The number of nitrogens with one attached hydrogen (secondary N) is 1. The molecule has 0 aliphatic heterocycles. The molecule has 0 aliphatic carbocycles. The van der Waals surface area contributed by atoms with E-state index in [0.717, 1.165) is 10.4 Å². The number of carbonyl (C=O) groups is 1. The average molecular weight is 293 g/mol. The van der Waals surface area contributed by atoms with Crippen LogP contribution in [0.5, 0.6) is 5.75 Å². The molecular formula is C15H16FNO2S. The molecule has 1 aromatic heterocycles. The highest BCUT2D eigenvalue weighted by atomic mass is 32.1. The first kappa shape index (κ1) is 14.5. The number of halogens is 1. The number of ether oxygens (including phenoxy) is 1. The Morgan fingerprint density at radius 3 is 2.90 bits per heavy atom. The fourth-order valence-electron chi connectivity index (χ4n) is 1.85. The molecule has 106 valence electrons. The monoisotopic (exact) mass is 293 g/mol. The Morgan fingerprint density at radius 1 is 1.40 bits per heavy atom. The van der Waals surface area contributed by atoms with Gasteiger partial charge in [-0.25, -0.2) is 4.39 Å². The number of methoxy groups -OCH3 is 1. The standard InChI is InChI=1S/C15H16FNO2S/c1-19-14-5-4-11(9-13(14)16)6-7-17-15(18)10-12-3-2-8-20-12/h2-5,8-9H,6-7,10H2,1H3,(H,17,18). The lowest BCUT2D eigenvalue weighted by atomic mass is 10.1. The van der Waals surface area contributed by atoms with Crippen LogP contribution in [0.1, 0.15) is 10.4 Å². The van der Waals surface area contributed by atoms with E-state index in [4.69, 9.17) is 4.74 Å². The van der Waals surface area contributed by atoms with Crippen LogP contribution >= 0.6 is 11.3 Å². The fourth-order valence-corrected chi connectivity index (χ4v) is 2.55. The fraction of sp³-hybridized carbons (Fsp3) is 0.267. The smallest absolute Gasteiger partial charge is 0.225 e. The molecular weight excluding hydrogens is 277 g/mol. The average Bonchev–Trinajstić information content (AvgIpc) is 2.92. The number of thiophene rings is 1. The van der Waals surface area contributed by atoms with Gasteiger partial charge in [-0.1, -0.05) is 12.1 Å². The van der Waals surface area contributed by atoms with Gasteiger partial charge in [0.2, 0.25) is 5.91 Å². The van der Waals surface area contributed by atoms with Gasteiger partial charge in [0, 0.05) is 11.4 Å². The molecule has 1 amide bonds. The lowest BCUT2D eigenvalue weighted by Crippen LogP contribution is -2.26. The Bertz CT molecular complexity index is 569. The predicted molar refractivity (Wildman–Crippen MR) is 77.7 cm³/mol. The summed E-state index contributed by atoms with van der Waals surface area (Å²) in [5.41, 5.74) is 0.833. The zero-order chi connectivity index (χ0) is 14.4. The highest BCUT2D eigenvalue weighted by Gasteiger charge is 2.05. The Labute approximate surface area is 121 Å². The summed E-state index contributed by atoms with van der Waals surface area (Å²) in [7, 11) is 1.43. The van der Waals surface area contributed by atoms with Crippen LogP contribution in [0.2, 0.25) is 0 Å². The summed E-state index contributed by atoms with van der Waals surface area (Å²) in [6.07, 6.45) is 0.992. The van der Waals surface area contributed by atoms with Crippen molar-refractivity contribution in [1.82, 2.24) is 5.32 Å². The van der Waals surface area contributed by atoms with Crippen molar-refractivity contribution >= 4 is 17.2 Å². The second-order valence-corrected chi connectivity index (χ2v) is 5.36. The third-order valence-electron chi connectivity index (χ3n) is 2.87. The van der Waals surface area contributed by atoms with Crippen molar-refractivity contribution < 1.29 is 13.9 Å². The molecule has 0 radical (unpaired) electrons. The molecule has 1 aromatic carbocycles. The molecule has 1 heterocycles. The van der Waals surface area contributed by atoms with E-state index in [1.807, 2.05) is 17.5 Å². The van der Waals surface area contributed by atoms with E-state index in [1.165, 1.54) is 13.2 Å². The van der Waals surface area contributed by atoms with Gasteiger partial charge in [0.1, 0.15) is 0 Å². The van der Waals surface area contributed by atoms with E-state index in [1.54, 1.807) is 23.5 Å². The van der Waals surface area contributed by atoms with E-state index in [2.05, 4.69) is 5.32 Å². The van der Waals surface area contributed by atoms with Gasteiger partial charge in [0.15, 0.2) is 11.6 Å². The summed E-state index contributed by atoms with van der Waals surface area (Å²) >= 11 is 1.56. The summed E-state index contributed by atoms with van der Waals surface area (Å²) in [4.78, 5) is 12.7. The van der Waals surface area contributed by atoms with E-state index < -0.39 is 0 Å². The van der Waals surface area contributed by atoms with Crippen molar-refractivity contribution in [2.24, 2.45) is 0 Å². The van der Waals surface area contributed by atoms with Crippen LogP contribution in [0.15, 0.2) is 35.7 Å². The predicted octanol–water partition coefficient (Wildman–Crippen LogP) is 2.80. The molecule has 0 bridgehead atoms. The van der Waals surface area contributed by atoms with Gasteiger partial charge in [-0.05, 0) is 35.6 Å². The highest BCUT2D eigenvalue weighted by Crippen LogP contribution is 2.17. The molecule has 0 saturated heterocycles. The zero-order valence-corrected chi connectivity index (χ0v) is 12.0. The van der Waals surface area contributed by atoms with Gasteiger partial charge in [0.05, 0.1) is 13.5 Å². The molecule has 0 unspecified atom stereocenters. The number of carbonyl (C=O) groups excluding carboxylic acids is 1. The van der Waals surface area contributed by atoms with Crippen molar-refractivity contribution in [1.29, 1.82) is 0 Å². The first-order valence-electron chi connectivity index (χ1n) is 6.30. The molecule has 0 atom stereocenters. The van der Waals surface area contributed by atoms with Gasteiger partial charge in [0.25, 0.3) is 0 Å². The van der Waals surface area contributed by atoms with E-state index in [0.29, 0.717) is 19.4 Å². The van der Waals surface area contributed by atoms with Crippen LogP contribution in [0, 0.1) is 5.82 Å². The lowest BCUT2D eigenvalue weighted by Gasteiger charge is -2.06. The number of rotatable bonds is 6. The van der Waals surface area contributed by atoms with Crippen molar-refractivity contribution in [2.45, 2.75) is 12.8 Å². The summed E-state index contributed by atoms with van der Waals surface area (Å²) in [5, 5.41) is 4.78. The minimum Gasteiger partial charge on any atom is -0.494 e. The summed E-state index contributed by atoms with van der Waals surface area (Å²) < 4.78 is 18.3. The van der Waals surface area contributed by atoms with Gasteiger partial charge in [-0.15, -0.1) is 11.3 Å². The normalized spacial score (nSPS) is 10.3. The third kappa shape index (κ3) is 4.06. The maximum absolute atomic E-state index is 13.5. The topological polar surface area (TPSA) is 38.3 Å². The molecule has 3 nitrogen and oxygen atoms in total. The second-order valence-electron chi connectivity index (χ2n) is 4.32. The number of hydrogen-bond acceptors (Lipinski definition) is 3. The molecule has 2 aromatic rings. The third-order valence-corrected chi connectivity index (χ3v) is 3.74. The highest BCUT2D eigenvalue weighted by molar-refractivity contribution is 7.10. The summed E-state index contributed by atoms with van der Waals surface area (Å²) in [6, 6.07) is 8.69. The summed E-state index contributed by atoms with van der Waals surface area (Å²) in [5.74, 6) is -0.160. The first-order valence-corrected chi connectivity index (χ1v) is 7.18. The Kier molecular flexibility index (Phi) is 5.12.